The topological polar surface area (TPSA) is 723 Å². The van der Waals surface area contributed by atoms with Crippen LogP contribution in [0.2, 0.25) is 0 Å². The average Bonchev–Trinajstić information content (AvgIpc) is 0.774. The summed E-state index contributed by atoms with van der Waals surface area (Å²) in [6, 6.07) is 0. The fourth-order valence-corrected chi connectivity index (χ4v) is 16.9. The molecular weight excluding hydrogens is 1950 g/mol. The Morgan fingerprint density at radius 3 is 0.325 bits per heavy atom. The molecule has 700 valence electrons. The van der Waals surface area contributed by atoms with Crippen molar-refractivity contribution in [3.8, 4) is 0 Å². The van der Waals surface area contributed by atoms with E-state index in [9.17, 15) is 90.8 Å². The number of hydrogen-bond donors (Lipinski definition) is 0. The molecule has 21 rings (SSSR count). The molecule has 0 amide bonds. The van der Waals surface area contributed by atoms with E-state index in [0.29, 0.717) is 0 Å². The van der Waals surface area contributed by atoms with Gasteiger partial charge in [0, 0.05) is 99.5 Å². The molecule has 0 saturated carbocycles. The first-order valence-corrected chi connectivity index (χ1v) is 43.8. The summed E-state index contributed by atoms with van der Waals surface area (Å²) < 4.78 is 466. The Kier molecular flexibility index (Phi) is 58.8. The van der Waals surface area contributed by atoms with Crippen molar-refractivity contribution in [3.05, 3.63) is 0 Å². The largest absolute Gasteiger partial charge is 1.00 e. The molecule has 0 radical (unpaired) electrons. The minimum absolute atomic E-state index is 0. The van der Waals surface area contributed by atoms with Gasteiger partial charge < -0.3 is 165 Å². The third-order valence-corrected chi connectivity index (χ3v) is 22.6. The number of rotatable bonds is 35. The van der Waals surface area contributed by atoms with Crippen LogP contribution in [0, 0.1) is 0 Å². The number of methoxy groups -OCH3 is 14. The quantitative estimate of drug-likeness (QED) is 0.0323. The third-order valence-electron chi connectivity index (χ3n) is 19.6. The molecule has 0 aromatic carbocycles. The van der Waals surface area contributed by atoms with Crippen molar-refractivity contribution < 1.29 is 460 Å². The molecule has 35 atom stereocenters. The smallest absolute Gasteiger partial charge is 0.726 e. The van der Waals surface area contributed by atoms with Crippen molar-refractivity contribution >= 4 is 72.8 Å². The van der Waals surface area contributed by atoms with Crippen LogP contribution in [0.3, 0.4) is 0 Å². The predicted octanol–water partition coefficient (Wildman–Crippen LogP) is -30.7. The maximum atomic E-state index is 12.4. The first-order chi connectivity index (χ1) is 55.7. The van der Waals surface area contributed by atoms with Gasteiger partial charge in [-0.05, 0) is 0 Å². The van der Waals surface area contributed by atoms with Crippen LogP contribution in [0.5, 0.6) is 0 Å². The van der Waals surface area contributed by atoms with Crippen LogP contribution >= 0.6 is 0 Å². The van der Waals surface area contributed by atoms with Crippen molar-refractivity contribution in [2.24, 2.45) is 0 Å². The van der Waals surface area contributed by atoms with Gasteiger partial charge >= 0.3 is 207 Å². The molecule has 21 aliphatic rings. The van der Waals surface area contributed by atoms with Crippen molar-refractivity contribution in [3.63, 3.8) is 0 Å². The molecule has 0 aliphatic carbocycles. The Hall–Kier alpha value is 4.97. The third kappa shape index (κ3) is 35.8. The molecule has 14 bridgehead atoms. The van der Waals surface area contributed by atoms with E-state index in [-0.39, 0.29) is 207 Å². The van der Waals surface area contributed by atoms with E-state index in [1.54, 1.807) is 0 Å². The Labute approximate surface area is 881 Å². The standard InChI is InChI=1S/C56H98O56S7.7Na/c1-78-36-29-22(15-92-113(57,58)59)99-50(43(36)85-8)107-30-23(16-93-114(60,61)62)101-52(45(87-10)37(30)79-2)109-32-25(18-95-116(66,67)68)103-54(47(89-12)39(32)81-4)111-34-27(20-97-118(72,73)74)105-56(49(91-14)41(34)83-6)112-35-28(21-98-119(75,76)77)104-55(48(90-13)42(35)84-7)110-33-26(19-96-117(69,70)71)102-53(46(88-11)40(33)82-5)108-31-24(17-94-115(63,64)65)100-51(106-29)44(86-9)38(31)80-3;;;;;;;/h22-56H,15-21H2,1-14H3,(H,57,58,59)(H,60,61,62)(H,63,64,65)(H,66,67,68)(H,69,70,71)(H,72,73,74)(H,75,76,77);;;;;;;/q;7*+1/p-7/t22-,23-,24-,25-,26-,27-,28-,29-,30-,31-,32-,33-,34-,35-,36+,37+,38+,39+,40+,41+,42+,43-,44-,45-,46-,47-,48-,49+,50-,51-,52-,53?,54-,55-,56-;;;;;;;/m0......./s1. The van der Waals surface area contributed by atoms with Crippen molar-refractivity contribution in [2.75, 3.05) is 146 Å². The Bertz CT molecular complexity index is 3320. The van der Waals surface area contributed by atoms with E-state index in [1.807, 2.05) is 0 Å². The minimum atomic E-state index is -5.77. The molecule has 21 heterocycles. The second-order valence-corrected chi connectivity index (χ2v) is 33.5. The summed E-state index contributed by atoms with van der Waals surface area (Å²) in [6.07, 6.45) is -68.5. The molecule has 126 heavy (non-hydrogen) atoms. The van der Waals surface area contributed by atoms with E-state index in [1.165, 1.54) is 0 Å². The van der Waals surface area contributed by atoms with Crippen molar-refractivity contribution in [2.45, 2.75) is 215 Å². The second kappa shape index (κ2) is 57.5. The molecule has 0 aromatic rings. The van der Waals surface area contributed by atoms with E-state index >= 15 is 0 Å². The van der Waals surface area contributed by atoms with Crippen LogP contribution in [-0.2, 0) is 235 Å². The average molecular weight is 2050 g/mol. The SMILES string of the molecule is CO[C@@H]1[C@H]2O[C@@H]3O[C@@H](COS(=O)(=O)[O-])[C@H](O[C@@H]4O[C@@H](COS(=O)(=O)[O-])[C@H](O[C@@H]5O[C@@H](COS(=O)(=O)[O-])[C@H](O[C@@H]6O[C@@H](COS(=O)(=O)[O-])[C@H](OC7O[C@@H](COS(=O)(=O)[O-])[C@H](O[C@@H]8O[C@@H](COS(=O)(=O)[O-])[C@H](O[C@H](O[C@H]2COS(=O)(=O)[O-])[C@@H]1OC)[C@@H](OC)[C@@H]8OC)[C@@H](OC)[C@@H]7OC)[C@@H](OC)[C@@H]6OC)[C@@H](OC)[C@@H]5OC)[C@@H](OC)[C@@H]4OC)[C@@H](OC)[C@@H]3OC.[Na+].[Na+].[Na+].[Na+].[Na+].[Na+].[Na+]. The van der Waals surface area contributed by atoms with Crippen molar-refractivity contribution in [1.82, 2.24) is 0 Å². The molecule has 21 aliphatic heterocycles. The van der Waals surface area contributed by atoms with Crippen LogP contribution < -0.4 is 207 Å². The molecule has 21 fully saturated rings. The molecular formula is C56H91Na7O56S7. The molecule has 0 spiro atoms. The zero-order chi connectivity index (χ0) is 88.4. The summed E-state index contributed by atoms with van der Waals surface area (Å²) >= 11 is 0. The van der Waals surface area contributed by atoms with E-state index < -0.39 is 334 Å². The van der Waals surface area contributed by atoms with Gasteiger partial charge in [-0.25, -0.2) is 58.9 Å². The predicted molar refractivity (Wildman–Crippen MR) is 355 cm³/mol. The molecule has 70 heteroatoms. The first-order valence-electron chi connectivity index (χ1n) is 34.5. The van der Waals surface area contributed by atoms with Gasteiger partial charge in [0.05, 0.1) is 46.2 Å². The van der Waals surface area contributed by atoms with Gasteiger partial charge in [-0.1, -0.05) is 0 Å². The number of hydrogen-bond acceptors (Lipinski definition) is 56. The molecule has 0 N–H and O–H groups in total. The monoisotopic (exact) mass is 2040 g/mol. The van der Waals surface area contributed by atoms with Gasteiger partial charge in [0.15, 0.2) is 44.0 Å². The molecule has 56 nitrogen and oxygen atoms in total. The van der Waals surface area contributed by atoms with Crippen LogP contribution in [0.15, 0.2) is 0 Å². The maximum Gasteiger partial charge on any atom is 1.00 e. The van der Waals surface area contributed by atoms with Crippen LogP contribution in [0.4, 0.5) is 0 Å². The van der Waals surface area contributed by atoms with Gasteiger partial charge in [-0.15, -0.1) is 0 Å². The Morgan fingerprint density at radius 1 is 0.167 bits per heavy atom. The van der Waals surface area contributed by atoms with Gasteiger partial charge in [0.2, 0.25) is 72.8 Å². The zero-order valence-corrected chi connectivity index (χ0v) is 91.6. The van der Waals surface area contributed by atoms with Crippen LogP contribution in [-0.4, -0.2) is 452 Å². The van der Waals surface area contributed by atoms with Crippen LogP contribution in [0.1, 0.15) is 0 Å². The van der Waals surface area contributed by atoms with Gasteiger partial charge in [-0.2, -0.15) is 0 Å². The van der Waals surface area contributed by atoms with E-state index in [0.717, 1.165) is 99.5 Å². The summed E-state index contributed by atoms with van der Waals surface area (Å²) in [6.45, 7) is -9.72. The van der Waals surface area contributed by atoms with E-state index in [2.05, 4.69) is 0 Å². The second-order valence-electron chi connectivity index (χ2n) is 26.2. The molecule has 0 aromatic heterocycles. The molecule has 1 unspecified atom stereocenters. The fourth-order valence-electron chi connectivity index (χ4n) is 14.8. The van der Waals surface area contributed by atoms with Crippen LogP contribution in [0.25, 0.3) is 0 Å². The summed E-state index contributed by atoms with van der Waals surface area (Å²) in [5.74, 6) is 0. The molecule has 21 saturated heterocycles. The van der Waals surface area contributed by atoms with Gasteiger partial charge in [-0.3, -0.25) is 29.3 Å². The van der Waals surface area contributed by atoms with E-state index in [4.69, 9.17) is 162 Å². The maximum absolute atomic E-state index is 12.4. The summed E-state index contributed by atoms with van der Waals surface area (Å²) in [4.78, 5) is 0. The van der Waals surface area contributed by atoms with Crippen molar-refractivity contribution in [1.29, 1.82) is 0 Å². The number of ether oxygens (including phenoxy) is 28. The van der Waals surface area contributed by atoms with Gasteiger partial charge in [0.1, 0.15) is 171 Å². The normalized spacial score (nSPS) is 38.7. The minimum Gasteiger partial charge on any atom is -0.726 e. The Balaban J connectivity index is 0.0000113. The summed E-state index contributed by atoms with van der Waals surface area (Å²) in [5.41, 5.74) is 0. The van der Waals surface area contributed by atoms with Gasteiger partial charge in [0.25, 0.3) is 0 Å². The zero-order valence-electron chi connectivity index (χ0n) is 71.9. The Morgan fingerprint density at radius 2 is 0.254 bits per heavy atom. The summed E-state index contributed by atoms with van der Waals surface area (Å²) in [7, 11) is -26.3. The summed E-state index contributed by atoms with van der Waals surface area (Å²) in [5, 5.41) is 0. The first kappa shape index (κ1) is 129. The fraction of sp³-hybridized carbons (Fsp3) is 1.00.